The molecule has 0 spiro atoms. The molecule has 0 heterocycles. The average molecular weight is 395 g/mol. The minimum Gasteiger partial charge on any atom is -0.491 e. The van der Waals surface area contributed by atoms with Gasteiger partial charge >= 0.3 is 5.97 Å². The Morgan fingerprint density at radius 3 is 1.79 bits per heavy atom. The molecular formula is C23H38O5. The Morgan fingerprint density at radius 1 is 0.714 bits per heavy atom. The zero-order valence-corrected chi connectivity index (χ0v) is 17.5. The van der Waals surface area contributed by atoms with Gasteiger partial charge in [-0.2, -0.15) is 0 Å². The molecule has 0 amide bonds. The minimum atomic E-state index is -0.937. The van der Waals surface area contributed by atoms with Crippen LogP contribution in [0.2, 0.25) is 0 Å². The normalized spacial score (nSPS) is 10.9. The second-order valence-electron chi connectivity index (χ2n) is 7.08. The van der Waals surface area contributed by atoms with Crippen LogP contribution in [0.4, 0.5) is 0 Å². The van der Waals surface area contributed by atoms with E-state index in [1.807, 2.05) is 0 Å². The lowest BCUT2D eigenvalue weighted by atomic mass is 10.1. The van der Waals surface area contributed by atoms with Crippen molar-refractivity contribution in [2.24, 2.45) is 0 Å². The monoisotopic (exact) mass is 394 g/mol. The van der Waals surface area contributed by atoms with Crippen molar-refractivity contribution in [1.29, 1.82) is 0 Å². The summed E-state index contributed by atoms with van der Waals surface area (Å²) in [6.45, 7) is 5.18. The molecule has 1 rings (SSSR count). The van der Waals surface area contributed by atoms with Gasteiger partial charge in [-0.25, -0.2) is 4.79 Å². The van der Waals surface area contributed by atoms with Gasteiger partial charge in [0.2, 0.25) is 0 Å². The zero-order valence-electron chi connectivity index (χ0n) is 17.5. The third-order valence-corrected chi connectivity index (χ3v) is 4.61. The summed E-state index contributed by atoms with van der Waals surface area (Å²) < 4.78 is 16.6. The van der Waals surface area contributed by atoms with Crippen LogP contribution < -0.4 is 4.74 Å². The van der Waals surface area contributed by atoms with Gasteiger partial charge in [0.1, 0.15) is 12.4 Å². The summed E-state index contributed by atoms with van der Waals surface area (Å²) in [5.41, 5.74) is 0.253. The lowest BCUT2D eigenvalue weighted by Gasteiger charge is -2.08. The summed E-state index contributed by atoms with van der Waals surface area (Å²) in [6.07, 6.45) is 13.3. The van der Waals surface area contributed by atoms with Gasteiger partial charge in [-0.15, -0.1) is 0 Å². The maximum absolute atomic E-state index is 10.8. The lowest BCUT2D eigenvalue weighted by molar-refractivity contribution is 0.0352. The van der Waals surface area contributed by atoms with Crippen molar-refractivity contribution in [2.45, 2.75) is 71.1 Å². The van der Waals surface area contributed by atoms with Crippen molar-refractivity contribution in [1.82, 2.24) is 0 Å². The van der Waals surface area contributed by atoms with Gasteiger partial charge in [-0.05, 0) is 30.7 Å². The number of benzene rings is 1. The quantitative estimate of drug-likeness (QED) is 0.304. The third kappa shape index (κ3) is 13.6. The van der Waals surface area contributed by atoms with Crippen LogP contribution in [-0.4, -0.2) is 44.1 Å². The standard InChI is InChI=1S/C23H38O5/c1-2-3-4-5-6-7-8-9-10-11-16-26-17-18-27-19-20-28-22-14-12-21(13-15-22)23(24)25/h12-15H,2-11,16-20H2,1H3,(H,24,25). The number of unbranched alkanes of at least 4 members (excludes halogenated alkanes) is 9. The summed E-state index contributed by atoms with van der Waals surface area (Å²) in [6, 6.07) is 6.36. The molecule has 0 aromatic heterocycles. The van der Waals surface area contributed by atoms with E-state index in [0.717, 1.165) is 13.0 Å². The topological polar surface area (TPSA) is 65.0 Å². The van der Waals surface area contributed by atoms with Gasteiger partial charge in [0.25, 0.3) is 0 Å². The second-order valence-corrected chi connectivity index (χ2v) is 7.08. The molecule has 160 valence electrons. The Kier molecular flexibility index (Phi) is 15.3. The van der Waals surface area contributed by atoms with Crippen LogP contribution in [0.3, 0.4) is 0 Å². The molecule has 1 N–H and O–H groups in total. The van der Waals surface area contributed by atoms with Gasteiger partial charge < -0.3 is 19.3 Å². The van der Waals surface area contributed by atoms with Crippen molar-refractivity contribution < 1.29 is 24.1 Å². The fourth-order valence-corrected chi connectivity index (χ4v) is 2.93. The molecule has 1 aromatic carbocycles. The first-order valence-corrected chi connectivity index (χ1v) is 10.9. The van der Waals surface area contributed by atoms with E-state index in [9.17, 15) is 4.79 Å². The Morgan fingerprint density at radius 2 is 1.21 bits per heavy atom. The molecule has 0 bridgehead atoms. The molecule has 0 fully saturated rings. The highest BCUT2D eigenvalue weighted by Crippen LogP contribution is 2.12. The van der Waals surface area contributed by atoms with Crippen LogP contribution in [0.15, 0.2) is 24.3 Å². The average Bonchev–Trinajstić information content (AvgIpc) is 2.70. The van der Waals surface area contributed by atoms with Crippen LogP contribution in [0, 0.1) is 0 Å². The smallest absolute Gasteiger partial charge is 0.335 e. The lowest BCUT2D eigenvalue weighted by Crippen LogP contribution is -2.11. The molecule has 5 heteroatoms. The number of carboxylic acid groups (broad SMARTS) is 1. The highest BCUT2D eigenvalue weighted by Gasteiger charge is 2.02. The predicted octanol–water partition coefficient (Wildman–Crippen LogP) is 5.72. The van der Waals surface area contributed by atoms with E-state index in [1.54, 1.807) is 12.1 Å². The molecule has 0 atom stereocenters. The summed E-state index contributed by atoms with van der Waals surface area (Å²) in [4.78, 5) is 10.8. The molecule has 0 radical (unpaired) electrons. The van der Waals surface area contributed by atoms with Crippen molar-refractivity contribution in [2.75, 3.05) is 33.0 Å². The van der Waals surface area contributed by atoms with Gasteiger partial charge in [0.05, 0.1) is 25.4 Å². The Bertz CT molecular complexity index is 486. The summed E-state index contributed by atoms with van der Waals surface area (Å²) in [5, 5.41) is 8.84. The SMILES string of the molecule is CCCCCCCCCCCCOCCOCCOc1ccc(C(=O)O)cc1. The van der Waals surface area contributed by atoms with Crippen LogP contribution in [0.25, 0.3) is 0 Å². The largest absolute Gasteiger partial charge is 0.491 e. The van der Waals surface area contributed by atoms with Crippen LogP contribution in [0.5, 0.6) is 5.75 Å². The van der Waals surface area contributed by atoms with E-state index in [1.165, 1.54) is 69.9 Å². The van der Waals surface area contributed by atoms with E-state index < -0.39 is 5.97 Å². The summed E-state index contributed by atoms with van der Waals surface area (Å²) in [5.74, 6) is -0.293. The summed E-state index contributed by atoms with van der Waals surface area (Å²) in [7, 11) is 0. The van der Waals surface area contributed by atoms with Gasteiger partial charge in [0, 0.05) is 6.61 Å². The number of hydrogen-bond acceptors (Lipinski definition) is 4. The molecular weight excluding hydrogens is 356 g/mol. The molecule has 5 nitrogen and oxygen atoms in total. The molecule has 0 aliphatic carbocycles. The van der Waals surface area contributed by atoms with E-state index in [2.05, 4.69) is 6.92 Å². The molecule has 0 aliphatic heterocycles. The number of carboxylic acids is 1. The molecule has 0 saturated carbocycles. The number of ether oxygens (including phenoxy) is 3. The second kappa shape index (κ2) is 17.5. The Labute approximate surface area is 170 Å². The maximum atomic E-state index is 10.8. The first-order chi connectivity index (χ1) is 13.7. The van der Waals surface area contributed by atoms with E-state index >= 15 is 0 Å². The van der Waals surface area contributed by atoms with E-state index in [-0.39, 0.29) is 5.56 Å². The number of aromatic carboxylic acids is 1. The predicted molar refractivity (Wildman–Crippen MR) is 112 cm³/mol. The Hall–Kier alpha value is -1.59. The highest BCUT2D eigenvalue weighted by molar-refractivity contribution is 5.87. The number of rotatable bonds is 19. The third-order valence-electron chi connectivity index (χ3n) is 4.61. The molecule has 0 saturated heterocycles. The van der Waals surface area contributed by atoms with Crippen molar-refractivity contribution in [3.05, 3.63) is 29.8 Å². The molecule has 28 heavy (non-hydrogen) atoms. The minimum absolute atomic E-state index is 0.253. The van der Waals surface area contributed by atoms with Crippen LogP contribution >= 0.6 is 0 Å². The van der Waals surface area contributed by atoms with Gasteiger partial charge in [-0.3, -0.25) is 0 Å². The van der Waals surface area contributed by atoms with Crippen LogP contribution in [0.1, 0.15) is 81.5 Å². The highest BCUT2D eigenvalue weighted by atomic mass is 16.5. The number of carbonyl (C=O) groups is 1. The van der Waals surface area contributed by atoms with E-state index in [0.29, 0.717) is 32.2 Å². The van der Waals surface area contributed by atoms with Crippen LogP contribution in [-0.2, 0) is 9.47 Å². The van der Waals surface area contributed by atoms with Crippen molar-refractivity contribution in [3.63, 3.8) is 0 Å². The van der Waals surface area contributed by atoms with Gasteiger partial charge in [0.15, 0.2) is 0 Å². The first-order valence-electron chi connectivity index (χ1n) is 10.9. The van der Waals surface area contributed by atoms with Gasteiger partial charge in [-0.1, -0.05) is 64.7 Å². The van der Waals surface area contributed by atoms with E-state index in [4.69, 9.17) is 19.3 Å². The molecule has 0 unspecified atom stereocenters. The molecule has 0 aliphatic rings. The maximum Gasteiger partial charge on any atom is 0.335 e. The van der Waals surface area contributed by atoms with Crippen molar-refractivity contribution in [3.8, 4) is 5.75 Å². The first kappa shape index (κ1) is 24.4. The molecule has 1 aromatic rings. The fourth-order valence-electron chi connectivity index (χ4n) is 2.93. The zero-order chi connectivity index (χ0) is 20.3. The van der Waals surface area contributed by atoms with Crippen molar-refractivity contribution >= 4 is 5.97 Å². The fraction of sp³-hybridized carbons (Fsp3) is 0.696. The Balaban J connectivity index is 1.79. The number of hydrogen-bond donors (Lipinski definition) is 1. The summed E-state index contributed by atoms with van der Waals surface area (Å²) >= 11 is 0.